The van der Waals surface area contributed by atoms with Crippen molar-refractivity contribution in [2.45, 2.75) is 118 Å². The van der Waals surface area contributed by atoms with Crippen molar-refractivity contribution in [3.8, 4) is 0 Å². The van der Waals surface area contributed by atoms with Gasteiger partial charge < -0.3 is 29.6 Å². The normalized spacial score (nSPS) is 13.3. The van der Waals surface area contributed by atoms with Crippen molar-refractivity contribution >= 4 is 39.8 Å². The maximum atomic E-state index is 13.3. The summed E-state index contributed by atoms with van der Waals surface area (Å²) in [7, 11) is 0. The molecule has 1 rings (SSSR count). The summed E-state index contributed by atoms with van der Waals surface area (Å²) in [5.74, 6) is -1.51. The van der Waals surface area contributed by atoms with E-state index in [4.69, 9.17) is 18.9 Å². The molecule has 1 atom stereocenters. The van der Waals surface area contributed by atoms with E-state index in [1.807, 2.05) is 117 Å². The van der Waals surface area contributed by atoms with Gasteiger partial charge in [-0.3, -0.25) is 29.0 Å². The number of nitrogens with one attached hydrogen (secondary N) is 2. The van der Waals surface area contributed by atoms with Gasteiger partial charge in [-0.15, -0.1) is 0 Å². The Bertz CT molecular complexity index is 1210. The Kier molecular flexibility index (Phi) is 18.6. The Morgan fingerprint density at radius 1 is 0.620 bits per heavy atom. The third-order valence-corrected chi connectivity index (χ3v) is 7.02. The highest BCUT2D eigenvalue weighted by molar-refractivity contribution is 9.10. The van der Waals surface area contributed by atoms with E-state index in [1.54, 1.807) is 0 Å². The molecule has 0 fully saturated rings. The predicted molar refractivity (Wildman–Crippen MR) is 199 cm³/mol. The monoisotopic (exact) mass is 770 g/mol. The lowest BCUT2D eigenvalue weighted by Crippen LogP contribution is -2.51. The molecule has 13 heteroatoms. The fraction of sp³-hybridized carbons (Fsp3) is 0.730. The minimum atomic E-state index is -0.679. The highest BCUT2D eigenvalue weighted by Crippen LogP contribution is 2.16. The molecular formula is C37H63BrN4O8. The van der Waals surface area contributed by atoms with Crippen LogP contribution in [0.2, 0.25) is 0 Å². The molecule has 0 bridgehead atoms. The number of rotatable bonds is 19. The molecule has 0 heterocycles. The molecule has 1 aromatic rings. The Morgan fingerprint density at radius 3 is 1.54 bits per heavy atom. The van der Waals surface area contributed by atoms with Crippen molar-refractivity contribution < 1.29 is 38.1 Å². The molecule has 0 radical (unpaired) electrons. The highest BCUT2D eigenvalue weighted by atomic mass is 79.9. The van der Waals surface area contributed by atoms with Gasteiger partial charge in [-0.25, -0.2) is 0 Å². The number of carbonyl (C=O) groups is 4. The number of esters is 4. The van der Waals surface area contributed by atoms with Crippen LogP contribution in [-0.4, -0.2) is 121 Å². The largest absolute Gasteiger partial charge is 0.459 e. The van der Waals surface area contributed by atoms with Gasteiger partial charge in [0.1, 0.15) is 22.4 Å². The molecule has 0 unspecified atom stereocenters. The van der Waals surface area contributed by atoms with Crippen LogP contribution in [0.1, 0.15) is 88.6 Å². The third-order valence-electron chi connectivity index (χ3n) is 6.49. The molecule has 50 heavy (non-hydrogen) atoms. The number of ether oxygens (including phenoxy) is 4. The summed E-state index contributed by atoms with van der Waals surface area (Å²) in [5, 5.41) is 6.34. The van der Waals surface area contributed by atoms with E-state index in [0.29, 0.717) is 39.1 Å². The maximum absolute atomic E-state index is 13.3. The molecule has 286 valence electrons. The molecule has 0 saturated heterocycles. The number of nitrogens with zero attached hydrogens (tertiary/aromatic N) is 2. The minimum absolute atomic E-state index is 0.00245. The van der Waals surface area contributed by atoms with Gasteiger partial charge in [0.2, 0.25) is 0 Å². The zero-order valence-corrected chi connectivity index (χ0v) is 34.1. The van der Waals surface area contributed by atoms with Crippen molar-refractivity contribution in [1.29, 1.82) is 0 Å². The number of benzene rings is 1. The average molecular weight is 772 g/mol. The van der Waals surface area contributed by atoms with Crippen LogP contribution in [0, 0.1) is 0 Å². The van der Waals surface area contributed by atoms with E-state index in [1.165, 1.54) is 0 Å². The van der Waals surface area contributed by atoms with E-state index in [0.717, 1.165) is 10.0 Å². The first-order chi connectivity index (χ1) is 22.8. The van der Waals surface area contributed by atoms with Crippen LogP contribution in [0.3, 0.4) is 0 Å². The predicted octanol–water partition coefficient (Wildman–Crippen LogP) is 4.51. The van der Waals surface area contributed by atoms with Gasteiger partial charge in [-0.1, -0.05) is 28.1 Å². The smallest absolute Gasteiger partial charge is 0.320 e. The minimum Gasteiger partial charge on any atom is -0.459 e. The van der Waals surface area contributed by atoms with Crippen molar-refractivity contribution in [1.82, 2.24) is 20.4 Å². The number of hydrogen-bond donors (Lipinski definition) is 2. The van der Waals surface area contributed by atoms with Crippen LogP contribution in [-0.2, 0) is 44.5 Å². The summed E-state index contributed by atoms with van der Waals surface area (Å²) in [4.78, 5) is 54.9. The van der Waals surface area contributed by atoms with Crippen molar-refractivity contribution in [2.75, 3.05) is 58.9 Å². The third kappa shape index (κ3) is 23.8. The van der Waals surface area contributed by atoms with Crippen molar-refractivity contribution in [3.63, 3.8) is 0 Å². The molecule has 0 saturated carbocycles. The second-order valence-corrected chi connectivity index (χ2v) is 17.3. The molecule has 12 nitrogen and oxygen atoms in total. The fourth-order valence-electron chi connectivity index (χ4n) is 4.77. The Labute approximate surface area is 308 Å². The molecule has 1 aromatic carbocycles. The molecule has 0 aliphatic heterocycles. The van der Waals surface area contributed by atoms with Gasteiger partial charge in [0.25, 0.3) is 0 Å². The van der Waals surface area contributed by atoms with E-state index in [-0.39, 0.29) is 56.1 Å². The lowest BCUT2D eigenvalue weighted by Gasteiger charge is -2.34. The number of halogens is 1. The number of hydrogen-bond acceptors (Lipinski definition) is 12. The summed E-state index contributed by atoms with van der Waals surface area (Å²) >= 11 is 3.50. The molecule has 0 amide bonds. The van der Waals surface area contributed by atoms with Crippen LogP contribution in [0.25, 0.3) is 0 Å². The molecule has 0 aliphatic carbocycles. The van der Waals surface area contributed by atoms with E-state index in [2.05, 4.69) is 26.6 Å². The first kappa shape index (κ1) is 45.4. The van der Waals surface area contributed by atoms with Crippen molar-refractivity contribution in [2.24, 2.45) is 0 Å². The fourth-order valence-corrected chi connectivity index (χ4v) is 5.04. The zero-order chi connectivity index (χ0) is 38.3. The quantitative estimate of drug-likeness (QED) is 0.116. The lowest BCUT2D eigenvalue weighted by atomic mass is 10.0. The molecule has 0 spiro atoms. The summed E-state index contributed by atoms with van der Waals surface area (Å²) < 4.78 is 23.2. The first-order valence-corrected chi connectivity index (χ1v) is 18.1. The van der Waals surface area contributed by atoms with Gasteiger partial charge in [0.05, 0.1) is 26.2 Å². The summed E-state index contributed by atoms with van der Waals surface area (Å²) in [6, 6.07) is 7.72. The lowest BCUT2D eigenvalue weighted by molar-refractivity contribution is -0.158. The van der Waals surface area contributed by atoms with Gasteiger partial charge in [0.15, 0.2) is 0 Å². The van der Waals surface area contributed by atoms with Gasteiger partial charge >= 0.3 is 23.9 Å². The van der Waals surface area contributed by atoms with Crippen LogP contribution in [0.5, 0.6) is 0 Å². The van der Waals surface area contributed by atoms with E-state index in [9.17, 15) is 19.2 Å². The SMILES string of the molecule is CC(C)(C)OC(=O)CNCCN(CCN(CC(=O)OC(C)(C)C)[C@H](CNCC(=O)OC(C)(C)C)Cc1ccc(Br)cc1)CC(=O)OC(C)(C)C. The Balaban J connectivity index is 3.28. The Morgan fingerprint density at radius 2 is 1.06 bits per heavy atom. The number of carbonyl (C=O) groups excluding carboxylic acids is 4. The summed E-state index contributed by atoms with van der Waals surface area (Å²) in [5.41, 5.74) is -1.49. The second-order valence-electron chi connectivity index (χ2n) is 16.4. The van der Waals surface area contributed by atoms with Gasteiger partial charge in [-0.05, 0) is 107 Å². The van der Waals surface area contributed by atoms with Crippen LogP contribution < -0.4 is 10.6 Å². The first-order valence-electron chi connectivity index (χ1n) is 17.3. The summed E-state index contributed by atoms with van der Waals surface area (Å²) in [6.07, 6.45) is 0.570. The standard InChI is InChI=1S/C37H63BrN4O8/c1-34(2,3)47-30(43)23-39-17-18-41(25-32(45)49-36(7,8)9)19-20-42(26-33(46)50-37(10,11)12)29(21-27-13-15-28(38)16-14-27)22-40-24-31(44)48-35(4,5)6/h13-16,29,39-40H,17-26H2,1-12H3/t29-/m0/s1. The van der Waals surface area contributed by atoms with Crippen LogP contribution in [0.15, 0.2) is 28.7 Å². The Hall–Kier alpha value is -2.58. The van der Waals surface area contributed by atoms with Crippen LogP contribution in [0.4, 0.5) is 0 Å². The van der Waals surface area contributed by atoms with Gasteiger partial charge in [-0.2, -0.15) is 0 Å². The maximum Gasteiger partial charge on any atom is 0.320 e. The average Bonchev–Trinajstić information content (AvgIpc) is 2.89. The second kappa shape index (κ2) is 20.5. The highest BCUT2D eigenvalue weighted by Gasteiger charge is 2.27. The van der Waals surface area contributed by atoms with E-state index >= 15 is 0 Å². The van der Waals surface area contributed by atoms with Gasteiger partial charge in [0, 0.05) is 43.2 Å². The van der Waals surface area contributed by atoms with Crippen LogP contribution >= 0.6 is 15.9 Å². The topological polar surface area (TPSA) is 136 Å². The van der Waals surface area contributed by atoms with E-state index < -0.39 is 22.4 Å². The molecule has 0 aromatic heterocycles. The van der Waals surface area contributed by atoms with Crippen molar-refractivity contribution in [3.05, 3.63) is 34.3 Å². The summed E-state index contributed by atoms with van der Waals surface area (Å²) in [6.45, 7) is 23.9. The molecule has 2 N–H and O–H groups in total. The zero-order valence-electron chi connectivity index (χ0n) is 32.5. The molecule has 0 aliphatic rings. The molecular weight excluding hydrogens is 708 g/mol.